The van der Waals surface area contributed by atoms with E-state index in [1.807, 2.05) is 0 Å². The van der Waals surface area contributed by atoms with Crippen LogP contribution < -0.4 is 14.4 Å². The van der Waals surface area contributed by atoms with Gasteiger partial charge in [-0.3, -0.25) is 9.10 Å². The molecule has 1 N–H and O–H groups in total. The first-order chi connectivity index (χ1) is 19.0. The third-order valence-electron chi connectivity index (χ3n) is 7.12. The second-order valence-corrected chi connectivity index (χ2v) is 14.3. The van der Waals surface area contributed by atoms with Crippen molar-refractivity contribution in [2.75, 3.05) is 36.4 Å². The van der Waals surface area contributed by atoms with Crippen LogP contribution >= 0.6 is 23.2 Å². The number of amides is 1. The highest BCUT2D eigenvalue weighted by Gasteiger charge is 2.35. The van der Waals surface area contributed by atoms with Crippen LogP contribution in [0.1, 0.15) is 18.4 Å². The Hall–Kier alpha value is -2.83. The molecule has 0 aliphatic carbocycles. The first-order valence-corrected chi connectivity index (χ1v) is 16.2. The summed E-state index contributed by atoms with van der Waals surface area (Å²) in [5.41, 5.74) is 1.78. The minimum absolute atomic E-state index is 0.0137. The number of rotatable bonds is 7. The summed E-state index contributed by atoms with van der Waals surface area (Å²) in [4.78, 5) is 13.4. The van der Waals surface area contributed by atoms with Crippen molar-refractivity contribution in [2.24, 2.45) is 5.92 Å². The number of benzene rings is 3. The van der Waals surface area contributed by atoms with Crippen LogP contribution in [-0.2, 0) is 31.3 Å². The molecule has 1 fully saturated rings. The Kier molecular flexibility index (Phi) is 8.04. The van der Waals surface area contributed by atoms with E-state index in [0.717, 1.165) is 5.56 Å². The predicted octanol–water partition coefficient (Wildman–Crippen LogP) is 4.79. The average Bonchev–Trinajstić information content (AvgIpc) is 3.37. The molecular formula is C27H27Cl2N3O6S2. The fourth-order valence-electron chi connectivity index (χ4n) is 4.99. The lowest BCUT2D eigenvalue weighted by molar-refractivity contribution is -0.120. The number of hydrogen-bond donors (Lipinski definition) is 1. The molecule has 2 heterocycles. The number of anilines is 2. The molecule has 2 aliphatic heterocycles. The average molecular weight is 625 g/mol. The van der Waals surface area contributed by atoms with E-state index in [-0.39, 0.29) is 40.4 Å². The normalized spacial score (nSPS) is 17.9. The van der Waals surface area contributed by atoms with Gasteiger partial charge in [-0.25, -0.2) is 16.8 Å². The highest BCUT2D eigenvalue weighted by molar-refractivity contribution is 7.92. The Morgan fingerprint density at radius 1 is 0.925 bits per heavy atom. The van der Waals surface area contributed by atoms with Crippen LogP contribution in [-0.4, -0.2) is 53.8 Å². The van der Waals surface area contributed by atoms with Gasteiger partial charge in [0.05, 0.1) is 33.5 Å². The summed E-state index contributed by atoms with van der Waals surface area (Å²) in [6.45, 7) is 0.578. The van der Waals surface area contributed by atoms with E-state index in [2.05, 4.69) is 5.32 Å². The number of carbonyl (C=O) groups is 1. The maximum absolute atomic E-state index is 13.3. The third-order valence-corrected chi connectivity index (χ3v) is 11.4. The van der Waals surface area contributed by atoms with Crippen molar-refractivity contribution in [3.05, 3.63) is 76.3 Å². The topological polar surface area (TPSA) is 113 Å². The highest BCUT2D eigenvalue weighted by atomic mass is 35.5. The molecular weight excluding hydrogens is 597 g/mol. The molecule has 0 saturated carbocycles. The number of halogens is 2. The molecule has 0 unspecified atom stereocenters. The monoisotopic (exact) mass is 623 g/mol. The molecule has 1 atom stereocenters. The summed E-state index contributed by atoms with van der Waals surface area (Å²) < 4.78 is 60.9. The largest absolute Gasteiger partial charge is 0.495 e. The summed E-state index contributed by atoms with van der Waals surface area (Å²) in [5.74, 6) is -0.553. The molecule has 0 spiro atoms. The minimum atomic E-state index is -3.88. The van der Waals surface area contributed by atoms with Crippen LogP contribution in [0.15, 0.2) is 70.5 Å². The number of sulfonamides is 2. The van der Waals surface area contributed by atoms with Gasteiger partial charge >= 0.3 is 0 Å². The van der Waals surface area contributed by atoms with Crippen molar-refractivity contribution in [2.45, 2.75) is 29.1 Å². The molecule has 0 radical (unpaired) electrons. The van der Waals surface area contributed by atoms with Gasteiger partial charge in [-0.1, -0.05) is 29.3 Å². The lowest BCUT2D eigenvalue weighted by Gasteiger charge is -2.31. The Bertz CT molecular complexity index is 1660. The van der Waals surface area contributed by atoms with Crippen molar-refractivity contribution < 1.29 is 26.4 Å². The molecule has 5 rings (SSSR count). The number of ether oxygens (including phenoxy) is 1. The van der Waals surface area contributed by atoms with Crippen molar-refractivity contribution >= 4 is 60.5 Å². The molecule has 9 nitrogen and oxygen atoms in total. The second-order valence-electron chi connectivity index (χ2n) is 9.61. The first kappa shape index (κ1) is 28.7. The number of nitrogens with zero attached hydrogens (tertiary/aromatic N) is 2. The zero-order chi connectivity index (χ0) is 28.7. The van der Waals surface area contributed by atoms with Crippen LogP contribution in [0.2, 0.25) is 10.0 Å². The van der Waals surface area contributed by atoms with E-state index >= 15 is 0 Å². The zero-order valence-electron chi connectivity index (χ0n) is 21.5. The first-order valence-electron chi connectivity index (χ1n) is 12.6. The van der Waals surface area contributed by atoms with E-state index in [9.17, 15) is 21.6 Å². The molecule has 0 bridgehead atoms. The van der Waals surface area contributed by atoms with Gasteiger partial charge in [0.2, 0.25) is 15.9 Å². The van der Waals surface area contributed by atoms with Crippen LogP contribution in [0.25, 0.3) is 0 Å². The molecule has 3 aromatic carbocycles. The van der Waals surface area contributed by atoms with E-state index < -0.39 is 26.0 Å². The molecule has 3 aromatic rings. The number of nitrogens with one attached hydrogen (secondary N) is 1. The molecule has 2 aliphatic rings. The molecule has 40 heavy (non-hydrogen) atoms. The fraction of sp³-hybridized carbons (Fsp3) is 0.296. The van der Waals surface area contributed by atoms with E-state index in [4.69, 9.17) is 27.9 Å². The van der Waals surface area contributed by atoms with Gasteiger partial charge in [-0.2, -0.15) is 4.31 Å². The lowest BCUT2D eigenvalue weighted by atomic mass is 9.98. The van der Waals surface area contributed by atoms with Gasteiger partial charge in [0.15, 0.2) is 0 Å². The standard InChI is InChI=1S/C27H27Cl2N3O6S2/c1-38-26-11-10-23(16-24(26)29)39(34,35)31-13-2-3-19(17-31)27(33)30-21-7-4-18-12-14-32(25(18)15-21)40(36,37)22-8-5-20(28)6-9-22/h4-11,15-16,19H,2-3,12-14,17H2,1H3,(H,30,33)/t19-/m1/s1. The number of fused-ring (bicyclic) bond motifs is 1. The van der Waals surface area contributed by atoms with E-state index in [0.29, 0.717) is 41.4 Å². The van der Waals surface area contributed by atoms with Crippen LogP contribution in [0.3, 0.4) is 0 Å². The summed E-state index contributed by atoms with van der Waals surface area (Å²) >= 11 is 12.1. The van der Waals surface area contributed by atoms with Gasteiger partial charge in [-0.05, 0) is 79.4 Å². The Labute approximate surface area is 243 Å². The van der Waals surface area contributed by atoms with Gasteiger partial charge in [0, 0.05) is 30.3 Å². The molecule has 13 heteroatoms. The van der Waals surface area contributed by atoms with Crippen LogP contribution in [0.5, 0.6) is 5.75 Å². The molecule has 1 amide bonds. The summed E-state index contributed by atoms with van der Waals surface area (Å²) in [5, 5.41) is 3.48. The third kappa shape index (κ3) is 5.53. The Morgan fingerprint density at radius 3 is 2.35 bits per heavy atom. The van der Waals surface area contributed by atoms with E-state index in [1.54, 1.807) is 18.2 Å². The zero-order valence-corrected chi connectivity index (χ0v) is 24.7. The van der Waals surface area contributed by atoms with Gasteiger partial charge in [0.1, 0.15) is 5.75 Å². The summed E-state index contributed by atoms with van der Waals surface area (Å²) in [6.07, 6.45) is 1.57. The molecule has 212 valence electrons. The maximum Gasteiger partial charge on any atom is 0.264 e. The maximum atomic E-state index is 13.3. The van der Waals surface area contributed by atoms with Crippen LogP contribution in [0, 0.1) is 5.92 Å². The molecule has 0 aromatic heterocycles. The van der Waals surface area contributed by atoms with Gasteiger partial charge < -0.3 is 10.1 Å². The number of carbonyl (C=O) groups excluding carboxylic acids is 1. The highest BCUT2D eigenvalue weighted by Crippen LogP contribution is 2.36. The Morgan fingerprint density at radius 2 is 1.65 bits per heavy atom. The minimum Gasteiger partial charge on any atom is -0.495 e. The fourth-order valence-corrected chi connectivity index (χ4v) is 8.48. The van der Waals surface area contributed by atoms with Crippen molar-refractivity contribution in [3.8, 4) is 5.75 Å². The number of hydrogen-bond acceptors (Lipinski definition) is 6. The summed E-state index contributed by atoms with van der Waals surface area (Å²) in [7, 11) is -6.25. The smallest absolute Gasteiger partial charge is 0.264 e. The Balaban J connectivity index is 1.31. The van der Waals surface area contributed by atoms with Gasteiger partial charge in [0.25, 0.3) is 10.0 Å². The van der Waals surface area contributed by atoms with Gasteiger partial charge in [-0.15, -0.1) is 0 Å². The number of methoxy groups -OCH3 is 1. The number of piperidine rings is 1. The summed E-state index contributed by atoms with van der Waals surface area (Å²) in [6, 6.07) is 15.4. The lowest BCUT2D eigenvalue weighted by Crippen LogP contribution is -2.43. The van der Waals surface area contributed by atoms with Crippen molar-refractivity contribution in [1.82, 2.24) is 4.31 Å². The predicted molar refractivity (Wildman–Crippen MR) is 154 cm³/mol. The molecule has 1 saturated heterocycles. The van der Waals surface area contributed by atoms with Crippen molar-refractivity contribution in [1.29, 1.82) is 0 Å². The quantitative estimate of drug-likeness (QED) is 0.405. The van der Waals surface area contributed by atoms with E-state index in [1.165, 1.54) is 58.2 Å². The van der Waals surface area contributed by atoms with Crippen molar-refractivity contribution in [3.63, 3.8) is 0 Å². The second kappa shape index (κ2) is 11.2. The van der Waals surface area contributed by atoms with Crippen LogP contribution in [0.4, 0.5) is 11.4 Å². The SMILES string of the molecule is COc1ccc(S(=O)(=O)N2CCC[C@@H](C(=O)Nc3ccc4c(c3)N(S(=O)(=O)c3ccc(Cl)cc3)CC4)C2)cc1Cl.